The van der Waals surface area contributed by atoms with Crippen molar-refractivity contribution in [3.8, 4) is 11.8 Å². The number of alkyl halides is 3. The van der Waals surface area contributed by atoms with E-state index in [0.29, 0.717) is 5.69 Å². The van der Waals surface area contributed by atoms with Gasteiger partial charge in [0.05, 0.1) is 5.69 Å². The van der Waals surface area contributed by atoms with Gasteiger partial charge in [0.2, 0.25) is 0 Å². The predicted octanol–water partition coefficient (Wildman–Crippen LogP) is 1.70. The van der Waals surface area contributed by atoms with E-state index < -0.39 is 12.7 Å². The topological polar surface area (TPSA) is 92.5 Å². The number of nitrogens with one attached hydrogen (secondary N) is 1. The van der Waals surface area contributed by atoms with Crippen LogP contribution in [0.25, 0.3) is 5.69 Å². The van der Waals surface area contributed by atoms with Crippen LogP contribution in [0.4, 0.5) is 24.8 Å². The Morgan fingerprint density at radius 1 is 1.35 bits per heavy atom. The molecule has 9 heteroatoms. The van der Waals surface area contributed by atoms with Crippen molar-refractivity contribution in [1.29, 1.82) is 5.26 Å². The first-order valence-corrected chi connectivity index (χ1v) is 5.42. The summed E-state index contributed by atoms with van der Waals surface area (Å²) in [5.74, 6) is -0.248. The lowest BCUT2D eigenvalue weighted by atomic mass is 10.3. The van der Waals surface area contributed by atoms with Gasteiger partial charge in [0, 0.05) is 12.4 Å². The van der Waals surface area contributed by atoms with Crippen molar-refractivity contribution < 1.29 is 13.2 Å². The maximum atomic E-state index is 12.2. The fourth-order valence-electron chi connectivity index (χ4n) is 1.53. The molecule has 0 saturated heterocycles. The van der Waals surface area contributed by atoms with Crippen LogP contribution in [0, 0.1) is 11.3 Å². The van der Waals surface area contributed by atoms with Gasteiger partial charge in [-0.1, -0.05) is 0 Å². The van der Waals surface area contributed by atoms with Gasteiger partial charge < -0.3 is 11.1 Å². The third kappa shape index (κ3) is 2.80. The van der Waals surface area contributed by atoms with E-state index in [4.69, 9.17) is 11.0 Å². The van der Waals surface area contributed by atoms with E-state index >= 15 is 0 Å². The average molecular weight is 282 g/mol. The molecule has 0 atom stereocenters. The molecule has 0 aromatic carbocycles. The van der Waals surface area contributed by atoms with E-state index in [2.05, 4.69) is 15.4 Å². The largest absolute Gasteiger partial charge is 0.405 e. The maximum Gasteiger partial charge on any atom is 0.405 e. The lowest BCUT2D eigenvalue weighted by Gasteiger charge is -2.06. The van der Waals surface area contributed by atoms with Crippen molar-refractivity contribution in [1.82, 2.24) is 14.8 Å². The van der Waals surface area contributed by atoms with Crippen molar-refractivity contribution in [2.45, 2.75) is 6.18 Å². The van der Waals surface area contributed by atoms with Gasteiger partial charge in [-0.3, -0.25) is 4.98 Å². The first-order chi connectivity index (χ1) is 9.42. The molecule has 104 valence electrons. The molecular weight excluding hydrogens is 273 g/mol. The van der Waals surface area contributed by atoms with Crippen molar-refractivity contribution >= 4 is 11.6 Å². The molecule has 20 heavy (non-hydrogen) atoms. The summed E-state index contributed by atoms with van der Waals surface area (Å²) in [5.41, 5.74) is 6.08. The van der Waals surface area contributed by atoms with Crippen molar-refractivity contribution in [2.75, 3.05) is 17.6 Å². The molecule has 0 aliphatic heterocycles. The second kappa shape index (κ2) is 5.08. The van der Waals surface area contributed by atoms with Crippen LogP contribution in [0.3, 0.4) is 0 Å². The van der Waals surface area contributed by atoms with E-state index in [1.807, 2.05) is 0 Å². The highest BCUT2D eigenvalue weighted by Gasteiger charge is 2.28. The number of rotatable bonds is 3. The molecule has 2 aromatic rings. The van der Waals surface area contributed by atoms with Gasteiger partial charge in [-0.2, -0.15) is 18.4 Å². The van der Waals surface area contributed by atoms with Crippen molar-refractivity contribution in [3.63, 3.8) is 0 Å². The van der Waals surface area contributed by atoms with Crippen LogP contribution in [0.1, 0.15) is 5.56 Å². The van der Waals surface area contributed by atoms with E-state index in [-0.39, 0.29) is 17.2 Å². The first-order valence-electron chi connectivity index (χ1n) is 5.42. The summed E-state index contributed by atoms with van der Waals surface area (Å²) in [6.45, 7) is -1.30. The number of nitrogens with zero attached hydrogens (tertiary/aromatic N) is 4. The number of aromatic nitrogens is 3. The molecule has 0 aliphatic carbocycles. The molecule has 0 spiro atoms. The molecule has 3 N–H and O–H groups in total. The predicted molar refractivity (Wildman–Crippen MR) is 65.0 cm³/mol. The minimum absolute atomic E-state index is 0.0385. The van der Waals surface area contributed by atoms with Crippen LogP contribution in [0.2, 0.25) is 0 Å². The Hall–Kier alpha value is -2.76. The fraction of sp³-hybridized carbons (Fsp3) is 0.182. The lowest BCUT2D eigenvalue weighted by Crippen LogP contribution is -2.21. The molecule has 2 heterocycles. The van der Waals surface area contributed by atoms with Crippen LogP contribution in [-0.2, 0) is 0 Å². The van der Waals surface area contributed by atoms with Crippen LogP contribution in [0.5, 0.6) is 0 Å². The highest BCUT2D eigenvalue weighted by molar-refractivity contribution is 5.66. The maximum absolute atomic E-state index is 12.2. The Kier molecular flexibility index (Phi) is 3.47. The number of hydrogen-bond acceptors (Lipinski definition) is 5. The number of pyridine rings is 1. The number of hydrogen-bond donors (Lipinski definition) is 2. The van der Waals surface area contributed by atoms with Gasteiger partial charge in [-0.25, -0.2) is 4.68 Å². The normalized spacial score (nSPS) is 11.1. The van der Waals surface area contributed by atoms with Gasteiger partial charge in [0.1, 0.15) is 24.0 Å². The van der Waals surface area contributed by atoms with Crippen LogP contribution >= 0.6 is 0 Å². The zero-order chi connectivity index (χ0) is 14.8. The Labute approximate surface area is 111 Å². The second-order valence-electron chi connectivity index (χ2n) is 3.81. The highest BCUT2D eigenvalue weighted by atomic mass is 19.4. The zero-order valence-corrected chi connectivity index (χ0v) is 10.0. The summed E-state index contributed by atoms with van der Waals surface area (Å²) in [5, 5.41) is 14.9. The van der Waals surface area contributed by atoms with Gasteiger partial charge in [0.25, 0.3) is 0 Å². The summed E-state index contributed by atoms with van der Waals surface area (Å²) < 4.78 is 37.7. The summed E-state index contributed by atoms with van der Waals surface area (Å²) in [6.07, 6.45) is -1.46. The van der Waals surface area contributed by atoms with E-state index in [1.54, 1.807) is 18.2 Å². The van der Waals surface area contributed by atoms with Gasteiger partial charge in [-0.15, -0.1) is 5.10 Å². The van der Waals surface area contributed by atoms with Gasteiger partial charge >= 0.3 is 6.18 Å². The highest BCUT2D eigenvalue weighted by Crippen LogP contribution is 2.25. The number of halogens is 3. The van der Waals surface area contributed by atoms with Gasteiger partial charge in [-0.05, 0) is 12.1 Å². The molecule has 2 aromatic heterocycles. The fourth-order valence-corrected chi connectivity index (χ4v) is 1.53. The lowest BCUT2D eigenvalue weighted by molar-refractivity contribution is -0.115. The molecule has 0 bridgehead atoms. The SMILES string of the molecule is N#Cc1c(NCC(F)(F)F)nn(-c2ccncc2)c1N. The molecule has 2 rings (SSSR count). The summed E-state index contributed by atoms with van der Waals surface area (Å²) in [4.78, 5) is 3.81. The molecule has 0 radical (unpaired) electrons. The summed E-state index contributed by atoms with van der Waals surface area (Å²) >= 11 is 0. The second-order valence-corrected chi connectivity index (χ2v) is 3.81. The Balaban J connectivity index is 2.38. The van der Waals surface area contributed by atoms with Gasteiger partial charge in [0.15, 0.2) is 5.82 Å². The molecular formula is C11H9F3N6. The monoisotopic (exact) mass is 282 g/mol. The smallest absolute Gasteiger partial charge is 0.382 e. The third-order valence-electron chi connectivity index (χ3n) is 2.40. The van der Waals surface area contributed by atoms with Crippen LogP contribution < -0.4 is 11.1 Å². The number of nitriles is 1. The van der Waals surface area contributed by atoms with E-state index in [1.165, 1.54) is 17.1 Å². The molecule has 0 saturated carbocycles. The third-order valence-corrected chi connectivity index (χ3v) is 2.40. The minimum Gasteiger partial charge on any atom is -0.382 e. The number of nitrogens with two attached hydrogens (primary N) is 1. The standard InChI is InChI=1S/C11H9F3N6/c12-11(13,14)6-18-10-8(5-15)9(16)20(19-10)7-1-3-17-4-2-7/h1-4H,6,16H2,(H,18,19). The number of anilines is 2. The minimum atomic E-state index is -4.41. The summed E-state index contributed by atoms with van der Waals surface area (Å²) in [6, 6.07) is 4.87. The molecule has 6 nitrogen and oxygen atoms in total. The Bertz CT molecular complexity index is 641. The quantitative estimate of drug-likeness (QED) is 0.893. The first kappa shape index (κ1) is 13.7. The molecule has 0 fully saturated rings. The average Bonchev–Trinajstić information content (AvgIpc) is 2.73. The van der Waals surface area contributed by atoms with E-state index in [9.17, 15) is 13.2 Å². The number of nitrogen functional groups attached to an aromatic ring is 1. The molecule has 0 unspecified atom stereocenters. The Morgan fingerprint density at radius 2 is 2.00 bits per heavy atom. The van der Waals surface area contributed by atoms with Crippen LogP contribution in [-0.4, -0.2) is 27.5 Å². The van der Waals surface area contributed by atoms with Crippen molar-refractivity contribution in [2.24, 2.45) is 0 Å². The van der Waals surface area contributed by atoms with E-state index in [0.717, 1.165) is 0 Å². The van der Waals surface area contributed by atoms with Crippen LogP contribution in [0.15, 0.2) is 24.5 Å². The molecule has 0 aliphatic rings. The van der Waals surface area contributed by atoms with Crippen molar-refractivity contribution in [3.05, 3.63) is 30.1 Å². The Morgan fingerprint density at radius 3 is 2.55 bits per heavy atom. The molecule has 0 amide bonds. The zero-order valence-electron chi connectivity index (χ0n) is 10.0. The summed E-state index contributed by atoms with van der Waals surface area (Å²) in [7, 11) is 0.